The summed E-state index contributed by atoms with van der Waals surface area (Å²) in [7, 11) is -3.25. The van der Waals surface area contributed by atoms with Gasteiger partial charge in [0.1, 0.15) is 0 Å². The number of benzene rings is 1. The number of hydrogen-bond donors (Lipinski definition) is 1. The Morgan fingerprint density at radius 3 is 2.50 bits per heavy atom. The summed E-state index contributed by atoms with van der Waals surface area (Å²) in [6.07, 6.45) is 3.85. The Morgan fingerprint density at radius 1 is 1.39 bits per heavy atom. The molecular weight excluding hydrogens is 252 g/mol. The van der Waals surface area contributed by atoms with Gasteiger partial charge in [0.05, 0.1) is 11.3 Å². The van der Waals surface area contributed by atoms with Crippen LogP contribution in [-0.2, 0) is 20.0 Å². The lowest BCUT2D eigenvalue weighted by Gasteiger charge is -2.41. The van der Waals surface area contributed by atoms with Gasteiger partial charge in [-0.3, -0.25) is 4.79 Å². The van der Waals surface area contributed by atoms with Gasteiger partial charge < -0.3 is 5.11 Å². The Kier molecular flexibility index (Phi) is 3.19. The quantitative estimate of drug-likeness (QED) is 0.906. The van der Waals surface area contributed by atoms with Crippen LogP contribution in [0.2, 0.25) is 0 Å². The largest absolute Gasteiger partial charge is 0.481 e. The standard InChI is InChI=1S/C13H16O4S/c1-18(16,17)11-5-2-4-10(8-11)13(6-3-7-13)9-12(14)15/h2,4-5,8H,3,6-7,9H2,1H3,(H,14,15). The monoisotopic (exact) mass is 268 g/mol. The van der Waals surface area contributed by atoms with E-state index in [-0.39, 0.29) is 16.7 Å². The molecule has 0 spiro atoms. The molecule has 2 rings (SSSR count). The van der Waals surface area contributed by atoms with Crippen LogP contribution in [-0.4, -0.2) is 25.7 Å². The Balaban J connectivity index is 2.41. The fourth-order valence-electron chi connectivity index (χ4n) is 2.52. The Morgan fingerprint density at radius 2 is 2.06 bits per heavy atom. The Hall–Kier alpha value is -1.36. The van der Waals surface area contributed by atoms with Gasteiger partial charge in [-0.1, -0.05) is 18.6 Å². The Bertz CT molecular complexity index is 570. The molecule has 1 aromatic carbocycles. The zero-order valence-corrected chi connectivity index (χ0v) is 11.0. The first-order chi connectivity index (χ1) is 8.33. The van der Waals surface area contributed by atoms with Crippen molar-refractivity contribution in [1.82, 2.24) is 0 Å². The lowest BCUT2D eigenvalue weighted by atomic mass is 9.62. The summed E-state index contributed by atoms with van der Waals surface area (Å²) < 4.78 is 23.0. The van der Waals surface area contributed by atoms with Crippen LogP contribution in [0.3, 0.4) is 0 Å². The van der Waals surface area contributed by atoms with Gasteiger partial charge in [-0.15, -0.1) is 0 Å². The van der Waals surface area contributed by atoms with Crippen molar-refractivity contribution < 1.29 is 18.3 Å². The fraction of sp³-hybridized carbons (Fsp3) is 0.462. The fourth-order valence-corrected chi connectivity index (χ4v) is 3.18. The van der Waals surface area contributed by atoms with Gasteiger partial charge in [0, 0.05) is 11.7 Å². The first-order valence-electron chi connectivity index (χ1n) is 5.86. The van der Waals surface area contributed by atoms with Crippen molar-refractivity contribution in [3.8, 4) is 0 Å². The molecule has 0 unspecified atom stereocenters. The third-order valence-corrected chi connectivity index (χ3v) is 4.79. The number of carboxylic acid groups (broad SMARTS) is 1. The van der Waals surface area contributed by atoms with Gasteiger partial charge in [-0.05, 0) is 30.5 Å². The second kappa shape index (κ2) is 4.39. The van der Waals surface area contributed by atoms with Gasteiger partial charge in [-0.25, -0.2) is 8.42 Å². The summed E-state index contributed by atoms with van der Waals surface area (Å²) in [5, 5.41) is 8.99. The van der Waals surface area contributed by atoms with Gasteiger partial charge in [0.15, 0.2) is 9.84 Å². The van der Waals surface area contributed by atoms with Crippen LogP contribution < -0.4 is 0 Å². The maximum absolute atomic E-state index is 11.5. The molecule has 5 heteroatoms. The van der Waals surface area contributed by atoms with Crippen molar-refractivity contribution in [2.75, 3.05) is 6.26 Å². The Labute approximate surface area is 107 Å². The average molecular weight is 268 g/mol. The van der Waals surface area contributed by atoms with Crippen LogP contribution in [0.1, 0.15) is 31.2 Å². The maximum atomic E-state index is 11.5. The normalized spacial score (nSPS) is 18.1. The minimum atomic E-state index is -3.25. The zero-order chi connectivity index (χ0) is 13.4. The number of carboxylic acids is 1. The van der Waals surface area contributed by atoms with Gasteiger partial charge in [0.25, 0.3) is 0 Å². The van der Waals surface area contributed by atoms with E-state index >= 15 is 0 Å². The first kappa shape index (κ1) is 13.1. The molecule has 0 radical (unpaired) electrons. The zero-order valence-electron chi connectivity index (χ0n) is 10.2. The molecular formula is C13H16O4S. The van der Waals surface area contributed by atoms with Crippen LogP contribution in [0.15, 0.2) is 29.2 Å². The van der Waals surface area contributed by atoms with E-state index in [1.165, 1.54) is 0 Å². The van der Waals surface area contributed by atoms with E-state index in [1.54, 1.807) is 18.2 Å². The molecule has 1 aliphatic carbocycles. The van der Waals surface area contributed by atoms with Crippen molar-refractivity contribution in [1.29, 1.82) is 0 Å². The van der Waals surface area contributed by atoms with E-state index in [1.807, 2.05) is 6.07 Å². The molecule has 0 saturated heterocycles. The molecule has 98 valence electrons. The second-order valence-corrected chi connectivity index (χ2v) is 7.02. The lowest BCUT2D eigenvalue weighted by Crippen LogP contribution is -2.36. The van der Waals surface area contributed by atoms with Gasteiger partial charge in [-0.2, -0.15) is 0 Å². The third kappa shape index (κ3) is 2.41. The molecule has 1 fully saturated rings. The number of aliphatic carboxylic acids is 1. The van der Waals surface area contributed by atoms with Crippen molar-refractivity contribution in [2.45, 2.75) is 36.0 Å². The summed E-state index contributed by atoms with van der Waals surface area (Å²) >= 11 is 0. The molecule has 0 atom stereocenters. The predicted molar refractivity (Wildman–Crippen MR) is 67.3 cm³/mol. The lowest BCUT2D eigenvalue weighted by molar-refractivity contribution is -0.139. The highest BCUT2D eigenvalue weighted by atomic mass is 32.2. The molecule has 1 aliphatic rings. The highest BCUT2D eigenvalue weighted by Crippen LogP contribution is 2.46. The van der Waals surface area contributed by atoms with Crippen LogP contribution in [0.5, 0.6) is 0 Å². The molecule has 4 nitrogen and oxygen atoms in total. The van der Waals surface area contributed by atoms with Gasteiger partial charge >= 0.3 is 5.97 Å². The number of rotatable bonds is 4. The minimum Gasteiger partial charge on any atom is -0.481 e. The van der Waals surface area contributed by atoms with E-state index < -0.39 is 15.8 Å². The highest BCUT2D eigenvalue weighted by molar-refractivity contribution is 7.90. The summed E-state index contributed by atoms with van der Waals surface area (Å²) in [6.45, 7) is 0. The highest BCUT2D eigenvalue weighted by Gasteiger charge is 2.40. The average Bonchev–Trinajstić information content (AvgIpc) is 2.22. The summed E-state index contributed by atoms with van der Waals surface area (Å²) in [5.41, 5.74) is 0.464. The summed E-state index contributed by atoms with van der Waals surface area (Å²) in [5.74, 6) is -0.834. The first-order valence-corrected chi connectivity index (χ1v) is 7.75. The summed E-state index contributed by atoms with van der Waals surface area (Å²) in [6, 6.07) is 6.69. The number of carbonyl (C=O) groups is 1. The van der Waals surface area contributed by atoms with E-state index in [2.05, 4.69) is 0 Å². The minimum absolute atomic E-state index is 0.0697. The van der Waals surface area contributed by atoms with Gasteiger partial charge in [0.2, 0.25) is 0 Å². The molecule has 18 heavy (non-hydrogen) atoms. The molecule has 0 amide bonds. The third-order valence-electron chi connectivity index (χ3n) is 3.67. The smallest absolute Gasteiger partial charge is 0.304 e. The second-order valence-electron chi connectivity index (χ2n) is 5.00. The maximum Gasteiger partial charge on any atom is 0.304 e. The van der Waals surface area contributed by atoms with Crippen molar-refractivity contribution >= 4 is 15.8 Å². The molecule has 1 N–H and O–H groups in total. The van der Waals surface area contributed by atoms with Crippen molar-refractivity contribution in [3.05, 3.63) is 29.8 Å². The molecule has 0 bridgehead atoms. The van der Waals surface area contributed by atoms with E-state index in [9.17, 15) is 13.2 Å². The van der Waals surface area contributed by atoms with E-state index in [0.717, 1.165) is 31.1 Å². The van der Waals surface area contributed by atoms with Crippen LogP contribution >= 0.6 is 0 Å². The topological polar surface area (TPSA) is 71.4 Å². The van der Waals surface area contributed by atoms with Crippen LogP contribution in [0.25, 0.3) is 0 Å². The molecule has 1 aromatic rings. The van der Waals surface area contributed by atoms with Crippen LogP contribution in [0, 0.1) is 0 Å². The van der Waals surface area contributed by atoms with E-state index in [0.29, 0.717) is 0 Å². The van der Waals surface area contributed by atoms with E-state index in [4.69, 9.17) is 5.11 Å². The predicted octanol–water partition coefficient (Wildman–Crippen LogP) is 1.99. The number of hydrogen-bond acceptors (Lipinski definition) is 3. The summed E-state index contributed by atoms with van der Waals surface area (Å²) in [4.78, 5) is 11.2. The van der Waals surface area contributed by atoms with Crippen molar-refractivity contribution in [2.24, 2.45) is 0 Å². The van der Waals surface area contributed by atoms with Crippen LogP contribution in [0.4, 0.5) is 0 Å². The molecule has 0 aliphatic heterocycles. The molecule has 0 heterocycles. The number of sulfone groups is 1. The molecule has 1 saturated carbocycles. The SMILES string of the molecule is CS(=O)(=O)c1cccc(C2(CC(=O)O)CCC2)c1. The molecule has 0 aromatic heterocycles. The van der Waals surface area contributed by atoms with Crippen molar-refractivity contribution in [3.63, 3.8) is 0 Å².